The van der Waals surface area contributed by atoms with Crippen molar-refractivity contribution in [3.05, 3.63) is 0 Å². The lowest BCUT2D eigenvalue weighted by molar-refractivity contribution is 0.236. The first-order chi connectivity index (χ1) is 7.62. The molecule has 0 unspecified atom stereocenters. The van der Waals surface area contributed by atoms with Crippen LogP contribution in [0.1, 0.15) is 39.0 Å². The molecule has 1 saturated heterocycles. The third kappa shape index (κ3) is 2.76. The van der Waals surface area contributed by atoms with E-state index in [1.165, 1.54) is 19.3 Å². The Morgan fingerprint density at radius 1 is 1.12 bits per heavy atom. The van der Waals surface area contributed by atoms with Crippen molar-refractivity contribution in [3.8, 4) is 0 Å². The van der Waals surface area contributed by atoms with E-state index in [9.17, 15) is 8.42 Å². The van der Waals surface area contributed by atoms with E-state index in [4.69, 9.17) is 0 Å². The molecule has 0 spiro atoms. The molecule has 0 atom stereocenters. The highest BCUT2D eigenvalue weighted by Crippen LogP contribution is 2.22. The second-order valence-corrected chi connectivity index (χ2v) is 7.13. The summed E-state index contributed by atoms with van der Waals surface area (Å²) in [6, 6.07) is 1.24. The van der Waals surface area contributed by atoms with Gasteiger partial charge >= 0.3 is 0 Å². The molecule has 0 aromatic heterocycles. The van der Waals surface area contributed by atoms with Crippen LogP contribution >= 0.6 is 0 Å². The van der Waals surface area contributed by atoms with Crippen LogP contribution in [0.3, 0.4) is 0 Å². The molecule has 2 aliphatic rings. The van der Waals surface area contributed by atoms with Crippen molar-refractivity contribution in [3.63, 3.8) is 0 Å². The van der Waals surface area contributed by atoms with Gasteiger partial charge in [-0.15, -0.1) is 0 Å². The molecule has 0 aromatic rings. The first kappa shape index (κ1) is 12.3. The Morgan fingerprint density at radius 2 is 1.69 bits per heavy atom. The Bertz CT molecular complexity index is 317. The van der Waals surface area contributed by atoms with Crippen molar-refractivity contribution in [1.82, 2.24) is 9.62 Å². The van der Waals surface area contributed by atoms with Gasteiger partial charge in [0.15, 0.2) is 0 Å². The van der Waals surface area contributed by atoms with Crippen LogP contribution in [0.5, 0.6) is 0 Å². The van der Waals surface area contributed by atoms with Crippen molar-refractivity contribution >= 4 is 10.0 Å². The number of sulfonamides is 1. The van der Waals surface area contributed by atoms with Gasteiger partial charge in [0, 0.05) is 25.2 Å². The molecular weight excluding hydrogens is 224 g/mol. The Hall–Kier alpha value is -0.130. The second-order valence-electron chi connectivity index (χ2n) is 4.87. The molecule has 1 saturated carbocycles. The van der Waals surface area contributed by atoms with Gasteiger partial charge in [-0.25, -0.2) is 12.7 Å². The fourth-order valence-corrected chi connectivity index (χ4v) is 3.52. The van der Waals surface area contributed by atoms with E-state index in [0.29, 0.717) is 25.2 Å². The fourth-order valence-electron chi connectivity index (χ4n) is 2.39. The predicted molar refractivity (Wildman–Crippen MR) is 64.8 cm³/mol. The van der Waals surface area contributed by atoms with E-state index >= 15 is 0 Å². The molecule has 1 aliphatic carbocycles. The molecule has 0 aromatic carbocycles. The number of nitrogens with zero attached hydrogens (tertiary/aromatic N) is 1. The lowest BCUT2D eigenvalue weighted by Gasteiger charge is -2.36. The summed E-state index contributed by atoms with van der Waals surface area (Å²) >= 11 is 0. The Morgan fingerprint density at radius 3 is 2.12 bits per heavy atom. The zero-order valence-electron chi connectivity index (χ0n) is 9.98. The maximum atomic E-state index is 11.7. The van der Waals surface area contributed by atoms with Crippen LogP contribution in [-0.4, -0.2) is 43.6 Å². The zero-order chi connectivity index (χ0) is 11.6. The number of hydrogen-bond acceptors (Lipinski definition) is 3. The van der Waals surface area contributed by atoms with Crippen LogP contribution in [0.4, 0.5) is 0 Å². The van der Waals surface area contributed by atoms with Crippen molar-refractivity contribution in [2.75, 3.05) is 18.8 Å². The van der Waals surface area contributed by atoms with Gasteiger partial charge < -0.3 is 5.32 Å². The molecule has 94 valence electrons. The summed E-state index contributed by atoms with van der Waals surface area (Å²) in [4.78, 5) is 0. The van der Waals surface area contributed by atoms with Gasteiger partial charge in [0.05, 0.1) is 5.75 Å². The minimum Gasteiger partial charge on any atom is -0.311 e. The van der Waals surface area contributed by atoms with Crippen LogP contribution in [0, 0.1) is 0 Å². The topological polar surface area (TPSA) is 49.4 Å². The molecule has 0 radical (unpaired) electrons. The zero-order valence-corrected chi connectivity index (χ0v) is 10.8. The average Bonchev–Trinajstić information content (AvgIpc) is 2.24. The highest BCUT2D eigenvalue weighted by atomic mass is 32.2. The Kier molecular flexibility index (Phi) is 3.87. The van der Waals surface area contributed by atoms with E-state index in [1.54, 1.807) is 11.2 Å². The molecule has 0 bridgehead atoms. The third-order valence-corrected chi connectivity index (χ3v) is 5.67. The van der Waals surface area contributed by atoms with Gasteiger partial charge in [-0.1, -0.05) is 6.42 Å². The van der Waals surface area contributed by atoms with Crippen LogP contribution in [0.15, 0.2) is 0 Å². The van der Waals surface area contributed by atoms with Gasteiger partial charge in [0.25, 0.3) is 0 Å². The van der Waals surface area contributed by atoms with Gasteiger partial charge in [-0.2, -0.15) is 0 Å². The summed E-state index contributed by atoms with van der Waals surface area (Å²) < 4.78 is 25.0. The fraction of sp³-hybridized carbons (Fsp3) is 1.00. The highest BCUT2D eigenvalue weighted by Gasteiger charge is 2.28. The second kappa shape index (κ2) is 5.02. The standard InChI is InChI=1S/C11H22N2O2S/c1-2-16(14,15)13-8-6-11(7-9-13)12-10-4-3-5-10/h10-12H,2-9H2,1H3. The van der Waals surface area contributed by atoms with Gasteiger partial charge in [0.2, 0.25) is 10.0 Å². The van der Waals surface area contributed by atoms with Crippen LogP contribution in [-0.2, 0) is 10.0 Å². The maximum Gasteiger partial charge on any atom is 0.213 e. The van der Waals surface area contributed by atoms with E-state index in [2.05, 4.69) is 5.32 Å². The van der Waals surface area contributed by atoms with Gasteiger partial charge in [-0.3, -0.25) is 0 Å². The smallest absolute Gasteiger partial charge is 0.213 e. The van der Waals surface area contributed by atoms with Crippen molar-refractivity contribution in [1.29, 1.82) is 0 Å². The molecule has 2 rings (SSSR count). The van der Waals surface area contributed by atoms with Crippen LogP contribution in [0.2, 0.25) is 0 Å². The summed E-state index contributed by atoms with van der Waals surface area (Å²) in [5, 5.41) is 3.62. The number of rotatable bonds is 4. The first-order valence-corrected chi connectivity index (χ1v) is 7.96. The quantitative estimate of drug-likeness (QED) is 0.803. The molecule has 16 heavy (non-hydrogen) atoms. The van der Waals surface area contributed by atoms with E-state index in [-0.39, 0.29) is 5.75 Å². The summed E-state index contributed by atoms with van der Waals surface area (Å²) in [6.45, 7) is 3.11. The molecule has 1 heterocycles. The van der Waals surface area contributed by atoms with E-state index < -0.39 is 10.0 Å². The summed E-state index contributed by atoms with van der Waals surface area (Å²) in [7, 11) is -2.96. The molecule has 2 fully saturated rings. The van der Waals surface area contributed by atoms with E-state index in [1.807, 2.05) is 0 Å². The maximum absolute atomic E-state index is 11.7. The van der Waals surface area contributed by atoms with Crippen molar-refractivity contribution < 1.29 is 8.42 Å². The van der Waals surface area contributed by atoms with Gasteiger partial charge in [-0.05, 0) is 32.6 Å². The normalized spacial score (nSPS) is 25.6. The van der Waals surface area contributed by atoms with Crippen molar-refractivity contribution in [2.45, 2.75) is 51.1 Å². The summed E-state index contributed by atoms with van der Waals surface area (Å²) in [5.41, 5.74) is 0. The summed E-state index contributed by atoms with van der Waals surface area (Å²) in [5.74, 6) is 0.230. The van der Waals surface area contributed by atoms with Gasteiger partial charge in [0.1, 0.15) is 0 Å². The largest absolute Gasteiger partial charge is 0.311 e. The molecule has 5 heteroatoms. The third-order valence-electron chi connectivity index (χ3n) is 3.79. The number of hydrogen-bond donors (Lipinski definition) is 1. The van der Waals surface area contributed by atoms with Crippen LogP contribution < -0.4 is 5.32 Å². The summed E-state index contributed by atoms with van der Waals surface area (Å²) in [6.07, 6.45) is 5.88. The number of nitrogens with one attached hydrogen (secondary N) is 1. The molecule has 0 amide bonds. The SMILES string of the molecule is CCS(=O)(=O)N1CCC(NC2CCC2)CC1. The molecular formula is C11H22N2O2S. The Balaban J connectivity index is 1.77. The van der Waals surface area contributed by atoms with Crippen molar-refractivity contribution in [2.24, 2.45) is 0 Å². The number of piperidine rings is 1. The molecule has 1 aliphatic heterocycles. The minimum atomic E-state index is -2.96. The average molecular weight is 246 g/mol. The lowest BCUT2D eigenvalue weighted by atomic mass is 9.91. The molecule has 1 N–H and O–H groups in total. The Labute approximate surface area is 98.4 Å². The predicted octanol–water partition coefficient (Wildman–Crippen LogP) is 0.943. The lowest BCUT2D eigenvalue weighted by Crippen LogP contribution is -2.49. The minimum absolute atomic E-state index is 0.230. The highest BCUT2D eigenvalue weighted by molar-refractivity contribution is 7.89. The van der Waals surface area contributed by atoms with Crippen LogP contribution in [0.25, 0.3) is 0 Å². The molecule has 4 nitrogen and oxygen atoms in total. The van der Waals surface area contributed by atoms with E-state index in [0.717, 1.165) is 12.8 Å². The first-order valence-electron chi connectivity index (χ1n) is 6.35. The monoisotopic (exact) mass is 246 g/mol.